The molecule has 2 N–H and O–H groups in total. The summed E-state index contributed by atoms with van der Waals surface area (Å²) in [7, 11) is 0. The topological polar surface area (TPSA) is 66.2 Å². The molecular weight excluding hydrogens is 217 g/mol. The predicted octanol–water partition coefficient (Wildman–Crippen LogP) is 0.397. The second kappa shape index (κ2) is 4.75. The molecule has 0 spiro atoms. The number of nitrogens with one attached hydrogen (secondary N) is 1. The summed E-state index contributed by atoms with van der Waals surface area (Å²) in [6.07, 6.45) is 0.496. The molecule has 5 nitrogen and oxygen atoms in total. The number of hydrogen-bond donors (Lipinski definition) is 2. The summed E-state index contributed by atoms with van der Waals surface area (Å²) in [6.45, 7) is 0.998. The molecule has 16 heavy (non-hydrogen) atoms. The highest BCUT2D eigenvalue weighted by Crippen LogP contribution is 2.24. The lowest BCUT2D eigenvalue weighted by Gasteiger charge is -2.18. The molecule has 0 aromatic heterocycles. The minimum Gasteiger partial charge on any atom is -0.595 e. The lowest BCUT2D eigenvalue weighted by molar-refractivity contribution is -0.991. The van der Waals surface area contributed by atoms with Crippen molar-refractivity contribution in [1.82, 2.24) is 0 Å². The van der Waals surface area contributed by atoms with E-state index in [1.54, 1.807) is 0 Å². The number of halogens is 1. The molecule has 6 heteroatoms. The van der Waals surface area contributed by atoms with Crippen molar-refractivity contribution in [2.24, 2.45) is 0 Å². The van der Waals surface area contributed by atoms with Crippen LogP contribution in [-0.2, 0) is 4.74 Å². The van der Waals surface area contributed by atoms with E-state index in [2.05, 4.69) is 0 Å². The Labute approximate surface area is 91.5 Å². The zero-order chi connectivity index (χ0) is 11.5. The van der Waals surface area contributed by atoms with Crippen LogP contribution in [0.5, 0.6) is 5.75 Å². The van der Waals surface area contributed by atoms with Crippen LogP contribution in [0.4, 0.5) is 10.1 Å². The van der Waals surface area contributed by atoms with Crippen molar-refractivity contribution in [2.75, 3.05) is 13.2 Å². The molecule has 0 aliphatic carbocycles. The van der Waals surface area contributed by atoms with Crippen LogP contribution in [0.25, 0.3) is 0 Å². The van der Waals surface area contributed by atoms with Gasteiger partial charge in [0.05, 0.1) is 13.2 Å². The zero-order valence-electron chi connectivity index (χ0n) is 8.48. The van der Waals surface area contributed by atoms with Gasteiger partial charge in [0.1, 0.15) is 11.9 Å². The number of benzene rings is 1. The molecule has 0 radical (unpaired) electrons. The molecule has 88 valence electrons. The van der Waals surface area contributed by atoms with Crippen LogP contribution in [0.15, 0.2) is 18.2 Å². The van der Waals surface area contributed by atoms with Crippen LogP contribution >= 0.6 is 0 Å². The lowest BCUT2D eigenvalue weighted by Crippen LogP contribution is -2.99. The first-order chi connectivity index (χ1) is 7.66. The van der Waals surface area contributed by atoms with E-state index in [0.717, 1.165) is 12.1 Å². The summed E-state index contributed by atoms with van der Waals surface area (Å²) < 4.78 is 23.5. The number of ether oxygens (including phenoxy) is 2. The fraction of sp³-hybridized carbons (Fsp3) is 0.400. The molecule has 2 rings (SSSR count). The Balaban J connectivity index is 2.19. The summed E-state index contributed by atoms with van der Waals surface area (Å²) in [5, 5.41) is 18.6. The molecule has 1 aromatic rings. The van der Waals surface area contributed by atoms with Crippen molar-refractivity contribution >= 4 is 5.69 Å². The SMILES string of the molecule is [O-][NH+](O)c1ccc(F)cc1OC1CCOC1. The van der Waals surface area contributed by atoms with Crippen LogP contribution < -0.4 is 9.96 Å². The lowest BCUT2D eigenvalue weighted by atomic mass is 10.2. The van der Waals surface area contributed by atoms with Crippen molar-refractivity contribution < 1.29 is 24.3 Å². The summed E-state index contributed by atoms with van der Waals surface area (Å²) in [6, 6.07) is 3.38. The number of rotatable bonds is 3. The quantitative estimate of drug-likeness (QED) is 0.736. The molecule has 1 saturated heterocycles. The Kier molecular flexibility index (Phi) is 3.35. The first-order valence-electron chi connectivity index (χ1n) is 4.94. The average molecular weight is 229 g/mol. The summed E-state index contributed by atoms with van der Waals surface area (Å²) in [4.78, 5) is 0. The molecule has 1 aliphatic rings. The average Bonchev–Trinajstić information content (AvgIpc) is 2.70. The first kappa shape index (κ1) is 11.3. The highest BCUT2D eigenvalue weighted by atomic mass is 19.1. The van der Waals surface area contributed by atoms with Gasteiger partial charge in [0.25, 0.3) is 0 Å². The van der Waals surface area contributed by atoms with E-state index in [-0.39, 0.29) is 17.5 Å². The Morgan fingerprint density at radius 1 is 1.56 bits per heavy atom. The van der Waals surface area contributed by atoms with Gasteiger partial charge in [-0.3, -0.25) is 0 Å². The highest BCUT2D eigenvalue weighted by Gasteiger charge is 2.21. The third-order valence-electron chi connectivity index (χ3n) is 2.36. The van der Waals surface area contributed by atoms with E-state index in [1.165, 1.54) is 6.07 Å². The Hall–Kier alpha value is -1.21. The van der Waals surface area contributed by atoms with Gasteiger partial charge in [0, 0.05) is 18.6 Å². The van der Waals surface area contributed by atoms with E-state index in [9.17, 15) is 9.60 Å². The first-order valence-corrected chi connectivity index (χ1v) is 4.94. The number of quaternary nitrogens is 1. The van der Waals surface area contributed by atoms with Crippen LogP contribution in [0, 0.1) is 11.0 Å². The van der Waals surface area contributed by atoms with Crippen LogP contribution in [0.2, 0.25) is 0 Å². The van der Waals surface area contributed by atoms with Gasteiger partial charge in [0.15, 0.2) is 5.75 Å². The van der Waals surface area contributed by atoms with Gasteiger partial charge >= 0.3 is 0 Å². The minimum atomic E-state index is -1.13. The summed E-state index contributed by atoms with van der Waals surface area (Å²) in [5.74, 6) is -0.457. The van der Waals surface area contributed by atoms with Crippen LogP contribution in [-0.4, -0.2) is 24.5 Å². The van der Waals surface area contributed by atoms with Gasteiger partial charge in [-0.1, -0.05) is 0 Å². The van der Waals surface area contributed by atoms with Crippen molar-refractivity contribution in [3.05, 3.63) is 29.2 Å². The molecule has 2 unspecified atom stereocenters. The monoisotopic (exact) mass is 229 g/mol. The van der Waals surface area contributed by atoms with Crippen molar-refractivity contribution in [1.29, 1.82) is 0 Å². The number of hydrogen-bond acceptors (Lipinski definition) is 4. The fourth-order valence-corrected chi connectivity index (χ4v) is 1.56. The zero-order valence-corrected chi connectivity index (χ0v) is 8.48. The molecule has 1 aliphatic heterocycles. The Bertz CT molecular complexity index is 366. The molecule has 1 fully saturated rings. The molecule has 0 saturated carbocycles. The maximum Gasteiger partial charge on any atom is 0.206 e. The summed E-state index contributed by atoms with van der Waals surface area (Å²) >= 11 is 0. The molecule has 2 atom stereocenters. The normalized spacial score (nSPS) is 22.1. The van der Waals surface area contributed by atoms with E-state index < -0.39 is 11.0 Å². The highest BCUT2D eigenvalue weighted by molar-refractivity contribution is 5.45. The van der Waals surface area contributed by atoms with Gasteiger partial charge in [-0.05, 0) is 6.07 Å². The smallest absolute Gasteiger partial charge is 0.206 e. The van der Waals surface area contributed by atoms with Gasteiger partial charge < -0.3 is 14.7 Å². The van der Waals surface area contributed by atoms with Crippen molar-refractivity contribution in [3.8, 4) is 5.75 Å². The molecular formula is C10H12FNO4. The maximum atomic E-state index is 13.0. The molecule has 0 amide bonds. The van der Waals surface area contributed by atoms with Gasteiger partial charge in [-0.15, -0.1) is 0 Å². The van der Waals surface area contributed by atoms with E-state index in [1.807, 2.05) is 0 Å². The Morgan fingerprint density at radius 3 is 3.00 bits per heavy atom. The minimum absolute atomic E-state index is 0.0340. The van der Waals surface area contributed by atoms with E-state index in [0.29, 0.717) is 19.6 Å². The largest absolute Gasteiger partial charge is 0.595 e. The van der Waals surface area contributed by atoms with Crippen molar-refractivity contribution in [3.63, 3.8) is 0 Å². The summed E-state index contributed by atoms with van der Waals surface area (Å²) in [5.41, 5.74) is -0.0340. The van der Waals surface area contributed by atoms with Gasteiger partial charge in [-0.25, -0.2) is 9.60 Å². The fourth-order valence-electron chi connectivity index (χ4n) is 1.56. The van der Waals surface area contributed by atoms with E-state index in [4.69, 9.17) is 14.7 Å². The Morgan fingerprint density at radius 2 is 2.38 bits per heavy atom. The van der Waals surface area contributed by atoms with E-state index >= 15 is 0 Å². The molecule has 1 heterocycles. The second-order valence-corrected chi connectivity index (χ2v) is 3.55. The third-order valence-corrected chi connectivity index (χ3v) is 2.36. The molecule has 1 aromatic carbocycles. The maximum absolute atomic E-state index is 13.0. The van der Waals surface area contributed by atoms with Crippen LogP contribution in [0.3, 0.4) is 0 Å². The molecule has 0 bridgehead atoms. The van der Waals surface area contributed by atoms with Crippen molar-refractivity contribution in [2.45, 2.75) is 12.5 Å². The van der Waals surface area contributed by atoms with Gasteiger partial charge in [0.2, 0.25) is 5.69 Å². The van der Waals surface area contributed by atoms with Gasteiger partial charge in [-0.2, -0.15) is 5.23 Å². The predicted molar refractivity (Wildman–Crippen MR) is 52.0 cm³/mol. The third kappa shape index (κ3) is 2.48. The van der Waals surface area contributed by atoms with Crippen LogP contribution in [0.1, 0.15) is 6.42 Å². The second-order valence-electron chi connectivity index (χ2n) is 3.55. The standard InChI is InChI=1S/C10H12FNO4/c11-7-1-2-9(12(13)14)10(5-7)16-8-3-4-15-6-8/h1-2,5,8,12-13H,3-4,6H2.